The van der Waals surface area contributed by atoms with Crippen LogP contribution in [0.5, 0.6) is 0 Å². The fraction of sp³-hybridized carbons (Fsp3) is 1.00. The summed E-state index contributed by atoms with van der Waals surface area (Å²) in [5.41, 5.74) is 0. The van der Waals surface area contributed by atoms with Crippen LogP contribution in [0.1, 0.15) is 12.8 Å². The van der Waals surface area contributed by atoms with Crippen molar-refractivity contribution < 1.29 is 0 Å². The van der Waals surface area contributed by atoms with E-state index in [1.807, 2.05) is 0 Å². The van der Waals surface area contributed by atoms with Crippen molar-refractivity contribution in [2.24, 2.45) is 0 Å². The van der Waals surface area contributed by atoms with Crippen molar-refractivity contribution in [3.63, 3.8) is 0 Å². The molecule has 1 heterocycles. The van der Waals surface area contributed by atoms with E-state index in [2.05, 4.69) is 30.9 Å². The molecule has 0 aliphatic carbocycles. The molecule has 0 atom stereocenters. The summed E-state index contributed by atoms with van der Waals surface area (Å²) in [4.78, 5) is 0. The topological polar surface area (TPSA) is 15.3 Å². The summed E-state index contributed by atoms with van der Waals surface area (Å²) >= 11 is 8.22. The minimum Gasteiger partial charge on any atom is -0.317 e. The van der Waals surface area contributed by atoms with E-state index in [9.17, 15) is 0 Å². The van der Waals surface area contributed by atoms with Gasteiger partial charge in [0.05, 0.1) is 0 Å². The SMILES string of the molecule is SN(S)C1CCNCC1. The van der Waals surface area contributed by atoms with Gasteiger partial charge in [0, 0.05) is 6.04 Å². The third-order valence-corrected chi connectivity index (χ3v) is 2.29. The average molecular weight is 164 g/mol. The van der Waals surface area contributed by atoms with Gasteiger partial charge in [0.15, 0.2) is 0 Å². The molecule has 1 aliphatic rings. The summed E-state index contributed by atoms with van der Waals surface area (Å²) in [5, 5.41) is 3.28. The molecule has 0 aromatic carbocycles. The third kappa shape index (κ3) is 2.37. The van der Waals surface area contributed by atoms with Crippen LogP contribution in [0, 0.1) is 0 Å². The Balaban J connectivity index is 2.23. The Morgan fingerprint density at radius 3 is 2.11 bits per heavy atom. The molecule has 1 rings (SSSR count). The molecule has 0 spiro atoms. The van der Waals surface area contributed by atoms with Crippen LogP contribution in [0.2, 0.25) is 0 Å². The zero-order valence-electron chi connectivity index (χ0n) is 5.25. The molecule has 0 aromatic heterocycles. The van der Waals surface area contributed by atoms with Gasteiger partial charge in [-0.15, -0.1) is 0 Å². The molecule has 2 nitrogen and oxygen atoms in total. The fourth-order valence-electron chi connectivity index (χ4n) is 1.04. The lowest BCUT2D eigenvalue weighted by Gasteiger charge is -2.26. The molecule has 54 valence electrons. The first kappa shape index (κ1) is 7.72. The lowest BCUT2D eigenvalue weighted by molar-refractivity contribution is 0.381. The van der Waals surface area contributed by atoms with Crippen LogP contribution in [-0.4, -0.2) is 22.8 Å². The molecule has 1 aliphatic heterocycles. The highest BCUT2D eigenvalue weighted by Gasteiger charge is 2.15. The fourth-order valence-corrected chi connectivity index (χ4v) is 1.50. The number of thiol groups is 2. The lowest BCUT2D eigenvalue weighted by atomic mass is 10.1. The van der Waals surface area contributed by atoms with Gasteiger partial charge in [-0.25, -0.2) is 0 Å². The van der Waals surface area contributed by atoms with Crippen LogP contribution < -0.4 is 5.32 Å². The van der Waals surface area contributed by atoms with E-state index in [4.69, 9.17) is 0 Å². The lowest BCUT2D eigenvalue weighted by Crippen LogP contribution is -2.35. The van der Waals surface area contributed by atoms with E-state index in [-0.39, 0.29) is 0 Å². The monoisotopic (exact) mass is 164 g/mol. The van der Waals surface area contributed by atoms with E-state index in [1.165, 1.54) is 0 Å². The minimum absolute atomic E-state index is 0.554. The summed E-state index contributed by atoms with van der Waals surface area (Å²) in [6, 6.07) is 0.554. The van der Waals surface area contributed by atoms with Gasteiger partial charge in [-0.05, 0) is 25.9 Å². The van der Waals surface area contributed by atoms with Gasteiger partial charge >= 0.3 is 0 Å². The molecule has 4 heteroatoms. The summed E-state index contributed by atoms with van der Waals surface area (Å²) in [6.07, 6.45) is 2.32. The van der Waals surface area contributed by atoms with Crippen molar-refractivity contribution in [1.29, 1.82) is 0 Å². The highest BCUT2D eigenvalue weighted by atomic mass is 32.2. The average Bonchev–Trinajstić information content (AvgIpc) is 1.90. The van der Waals surface area contributed by atoms with Gasteiger partial charge in [0.25, 0.3) is 0 Å². The van der Waals surface area contributed by atoms with Crippen molar-refractivity contribution in [2.45, 2.75) is 18.9 Å². The zero-order valence-corrected chi connectivity index (χ0v) is 7.04. The van der Waals surface area contributed by atoms with E-state index < -0.39 is 0 Å². The molecule has 1 N–H and O–H groups in total. The van der Waals surface area contributed by atoms with Gasteiger partial charge < -0.3 is 5.32 Å². The van der Waals surface area contributed by atoms with Crippen LogP contribution in [0.15, 0.2) is 0 Å². The van der Waals surface area contributed by atoms with Crippen LogP contribution in [0.25, 0.3) is 0 Å². The molecule has 9 heavy (non-hydrogen) atoms. The van der Waals surface area contributed by atoms with Crippen LogP contribution in [0.3, 0.4) is 0 Å². The quantitative estimate of drug-likeness (QED) is 0.495. The van der Waals surface area contributed by atoms with Crippen molar-refractivity contribution in [2.75, 3.05) is 13.1 Å². The van der Waals surface area contributed by atoms with E-state index in [0.29, 0.717) is 6.04 Å². The Morgan fingerprint density at radius 2 is 1.78 bits per heavy atom. The highest BCUT2D eigenvalue weighted by molar-refractivity contribution is 7.93. The molecule has 0 radical (unpaired) electrons. The van der Waals surface area contributed by atoms with Crippen molar-refractivity contribution >= 4 is 25.6 Å². The van der Waals surface area contributed by atoms with Gasteiger partial charge in [-0.2, -0.15) is 3.71 Å². The molecular weight excluding hydrogens is 152 g/mol. The second kappa shape index (κ2) is 3.71. The number of rotatable bonds is 1. The number of hydrogen-bond acceptors (Lipinski definition) is 4. The predicted octanol–water partition coefficient (Wildman–Crippen LogP) is 0.730. The maximum atomic E-state index is 4.11. The minimum atomic E-state index is 0.554. The summed E-state index contributed by atoms with van der Waals surface area (Å²) < 4.78 is 1.71. The number of piperidine rings is 1. The maximum absolute atomic E-state index is 4.11. The predicted molar refractivity (Wildman–Crippen MR) is 45.7 cm³/mol. The van der Waals surface area contributed by atoms with Crippen molar-refractivity contribution in [1.82, 2.24) is 9.03 Å². The molecule has 0 saturated carbocycles. The molecule has 1 saturated heterocycles. The van der Waals surface area contributed by atoms with E-state index in [1.54, 1.807) is 3.71 Å². The second-order valence-electron chi connectivity index (χ2n) is 2.30. The van der Waals surface area contributed by atoms with Gasteiger partial charge in [-0.1, -0.05) is 25.6 Å². The Kier molecular flexibility index (Phi) is 3.18. The molecule has 0 bridgehead atoms. The van der Waals surface area contributed by atoms with Crippen LogP contribution in [-0.2, 0) is 0 Å². The normalized spacial score (nSPS) is 23.0. The third-order valence-electron chi connectivity index (χ3n) is 1.64. The Hall–Kier alpha value is 0.620. The second-order valence-corrected chi connectivity index (χ2v) is 3.48. The largest absolute Gasteiger partial charge is 0.317 e. The maximum Gasteiger partial charge on any atom is 0.0334 e. The van der Waals surface area contributed by atoms with Crippen LogP contribution in [0.4, 0.5) is 0 Å². The first-order valence-corrected chi connectivity index (χ1v) is 3.98. The van der Waals surface area contributed by atoms with Gasteiger partial charge in [-0.3, -0.25) is 0 Å². The molecular formula is C5H12N2S2. The molecule has 1 fully saturated rings. The van der Waals surface area contributed by atoms with Crippen LogP contribution >= 0.6 is 25.6 Å². The molecule has 0 aromatic rings. The Bertz CT molecular complexity index is 81.0. The standard InChI is InChI=1S/C5H12N2S2/c8-7(9)5-1-3-6-4-2-5/h5-6,8-9H,1-4H2. The zero-order chi connectivity index (χ0) is 6.69. The Morgan fingerprint density at radius 1 is 1.22 bits per heavy atom. The molecule has 0 amide bonds. The van der Waals surface area contributed by atoms with Crippen molar-refractivity contribution in [3.05, 3.63) is 0 Å². The van der Waals surface area contributed by atoms with Crippen molar-refractivity contribution in [3.8, 4) is 0 Å². The first-order chi connectivity index (χ1) is 4.30. The summed E-state index contributed by atoms with van der Waals surface area (Å²) in [5.74, 6) is 0. The van der Waals surface area contributed by atoms with Gasteiger partial charge in [0.1, 0.15) is 0 Å². The number of nitrogens with one attached hydrogen (secondary N) is 1. The van der Waals surface area contributed by atoms with E-state index >= 15 is 0 Å². The Labute approximate surface area is 67.1 Å². The summed E-state index contributed by atoms with van der Waals surface area (Å²) in [7, 11) is 0. The van der Waals surface area contributed by atoms with E-state index in [0.717, 1.165) is 25.9 Å². The smallest absolute Gasteiger partial charge is 0.0334 e. The first-order valence-electron chi connectivity index (χ1n) is 3.18. The number of hydrogen-bond donors (Lipinski definition) is 3. The highest BCUT2D eigenvalue weighted by Crippen LogP contribution is 2.14. The molecule has 0 unspecified atom stereocenters. The number of nitrogens with zero attached hydrogens (tertiary/aromatic N) is 1. The summed E-state index contributed by atoms with van der Waals surface area (Å²) in [6.45, 7) is 2.20. The van der Waals surface area contributed by atoms with Gasteiger partial charge in [0.2, 0.25) is 0 Å².